The molecule has 0 amide bonds. The van der Waals surface area contributed by atoms with Gasteiger partial charge in [0.1, 0.15) is 0 Å². The van der Waals surface area contributed by atoms with E-state index in [4.69, 9.17) is 29.9 Å². The minimum Gasteiger partial charge on any atom is -0.309 e. The lowest BCUT2D eigenvalue weighted by Gasteiger charge is -2.21. The highest BCUT2D eigenvalue weighted by molar-refractivity contribution is 6.15. The van der Waals surface area contributed by atoms with Crippen molar-refractivity contribution in [1.82, 2.24) is 39.0 Å². The van der Waals surface area contributed by atoms with E-state index >= 15 is 0 Å². The van der Waals surface area contributed by atoms with Crippen LogP contribution in [0.5, 0.6) is 0 Å². The maximum absolute atomic E-state index is 10.7. The minimum atomic E-state index is 0.325. The van der Waals surface area contributed by atoms with Gasteiger partial charge in [-0.2, -0.15) is 42.1 Å². The van der Waals surface area contributed by atoms with Crippen molar-refractivity contribution in [1.29, 1.82) is 42.1 Å². The van der Waals surface area contributed by atoms with Crippen LogP contribution in [-0.4, -0.2) is 39.0 Å². The van der Waals surface area contributed by atoms with Crippen LogP contribution in [0.15, 0.2) is 328 Å². The lowest BCUT2D eigenvalue weighted by atomic mass is 9.91. The van der Waals surface area contributed by atoms with Crippen molar-refractivity contribution < 1.29 is 0 Å². The van der Waals surface area contributed by atoms with Gasteiger partial charge in [0, 0.05) is 66.1 Å². The van der Waals surface area contributed by atoms with Crippen LogP contribution in [0.4, 0.5) is 0 Å². The standard InChI is InChI=1S/C104H54N16/c105-55-63-30-38-81(77(46-63)59-109)71-34-42-91-87(51-71)88-52-72(82-39-31-64(56-106)47-78(82)60-110)35-43-92(88)119(91)95-28-14-26-85(103-115-99(67-16-5-1-6-17-67)113-100(116-103)68-18-7-2-8-19-68)97(95)75-24-13-25-76(50-75)98-86(104-117-101(69-20-9-3-10-21-69)114-102(118-104)70-22-11-4-12-23-70)27-15-29-96(98)120-93-44-36-73(83-40-32-65(57-107)48-79(83)61-111)53-89(93)90-54-74(37-45-94(90)120)84-41-33-66(58-108)49-80(84)62-112/h1-54H. The van der Waals surface area contributed by atoms with Crippen LogP contribution in [0.2, 0.25) is 0 Å². The quantitative estimate of drug-likeness (QED) is 0.0979. The van der Waals surface area contributed by atoms with E-state index in [0.29, 0.717) is 135 Å². The van der Waals surface area contributed by atoms with E-state index in [9.17, 15) is 42.1 Å². The van der Waals surface area contributed by atoms with Gasteiger partial charge in [-0.25, -0.2) is 29.9 Å². The molecule has 19 rings (SSSR count). The number of hydrogen-bond acceptors (Lipinski definition) is 14. The maximum atomic E-state index is 10.7. The first-order valence-corrected chi connectivity index (χ1v) is 38.2. The lowest BCUT2D eigenvalue weighted by Crippen LogP contribution is -2.05. The number of fused-ring (bicyclic) bond motifs is 6. The summed E-state index contributed by atoms with van der Waals surface area (Å²) in [6.45, 7) is 0. The molecule has 19 aromatic rings. The fourth-order valence-electron chi connectivity index (χ4n) is 16.2. The van der Waals surface area contributed by atoms with E-state index in [1.807, 2.05) is 200 Å². The summed E-state index contributed by atoms with van der Waals surface area (Å²) in [4.78, 5) is 32.2. The van der Waals surface area contributed by atoms with Crippen LogP contribution in [0.25, 0.3) is 190 Å². The third-order valence-corrected chi connectivity index (χ3v) is 21.7. The average Bonchev–Trinajstić information content (AvgIpc) is 1.56. The van der Waals surface area contributed by atoms with E-state index in [1.165, 1.54) is 0 Å². The molecule has 0 aliphatic carbocycles. The Labute approximate surface area is 687 Å². The molecule has 16 nitrogen and oxygen atoms in total. The molecule has 4 aromatic heterocycles. The number of hydrogen-bond donors (Lipinski definition) is 0. The second kappa shape index (κ2) is 30.4. The highest BCUT2D eigenvalue weighted by atomic mass is 15.1. The van der Waals surface area contributed by atoms with Gasteiger partial charge in [0.25, 0.3) is 0 Å². The van der Waals surface area contributed by atoms with E-state index in [-0.39, 0.29) is 0 Å². The SMILES string of the molecule is N#Cc1ccc(-c2ccc3c(c2)c2cc(-c4ccc(C#N)cc4C#N)ccc2n3-c2cccc(-c3nc(-c4ccccc4)nc(-c4ccccc4)n3)c2-c2cccc(-c3c(-c4nc(-c5ccccc5)nc(-c5ccccc5)n4)cccc3-n3c4ccc(-c5ccc(C#N)cc5C#N)cc4c4cc(-c5ccc(C#N)cc5C#N)ccc43)c2)c(C#N)c1. The first-order chi connectivity index (χ1) is 59.1. The molecule has 0 unspecified atom stereocenters. The normalized spacial score (nSPS) is 10.9. The van der Waals surface area contributed by atoms with Crippen molar-refractivity contribution >= 4 is 43.6 Å². The highest BCUT2D eigenvalue weighted by Gasteiger charge is 2.28. The summed E-state index contributed by atoms with van der Waals surface area (Å²) in [6, 6.07) is 123. The van der Waals surface area contributed by atoms with Gasteiger partial charge < -0.3 is 9.13 Å². The Kier molecular flexibility index (Phi) is 18.3. The molecule has 0 saturated carbocycles. The fraction of sp³-hybridized carbons (Fsp3) is 0. The third-order valence-electron chi connectivity index (χ3n) is 21.7. The molecule has 0 aliphatic heterocycles. The Morgan fingerprint density at radius 1 is 0.183 bits per heavy atom. The zero-order chi connectivity index (χ0) is 81.5. The smallest absolute Gasteiger partial charge is 0.164 e. The van der Waals surface area contributed by atoms with E-state index in [0.717, 1.165) is 99.2 Å². The van der Waals surface area contributed by atoms with Crippen molar-refractivity contribution in [3.63, 3.8) is 0 Å². The van der Waals surface area contributed by atoms with Crippen molar-refractivity contribution in [2.45, 2.75) is 0 Å². The summed E-state index contributed by atoms with van der Waals surface area (Å²) in [5, 5.41) is 86.1. The van der Waals surface area contributed by atoms with Gasteiger partial charge in [0.2, 0.25) is 0 Å². The molecule has 0 bridgehead atoms. The summed E-state index contributed by atoms with van der Waals surface area (Å²) in [6.07, 6.45) is 0. The first-order valence-electron chi connectivity index (χ1n) is 38.2. The number of aromatic nitrogens is 8. The highest BCUT2D eigenvalue weighted by Crippen LogP contribution is 2.48. The molecule has 4 heterocycles. The summed E-state index contributed by atoms with van der Waals surface area (Å²) in [5.74, 6) is 2.50. The van der Waals surface area contributed by atoms with E-state index in [1.54, 1.807) is 72.8 Å². The zero-order valence-corrected chi connectivity index (χ0v) is 63.3. The average molecular weight is 1530 g/mol. The second-order valence-electron chi connectivity index (χ2n) is 28.6. The van der Waals surface area contributed by atoms with Crippen molar-refractivity contribution in [2.75, 3.05) is 0 Å². The zero-order valence-electron chi connectivity index (χ0n) is 63.3. The number of nitrogens with zero attached hydrogens (tertiary/aromatic N) is 16. The molecule has 0 radical (unpaired) electrons. The largest absolute Gasteiger partial charge is 0.309 e. The maximum Gasteiger partial charge on any atom is 0.164 e. The minimum absolute atomic E-state index is 0.325. The summed E-state index contributed by atoms with van der Waals surface area (Å²) in [7, 11) is 0. The van der Waals surface area contributed by atoms with Gasteiger partial charge in [0.15, 0.2) is 34.9 Å². The number of nitriles is 8. The Hall–Kier alpha value is -18.2. The van der Waals surface area contributed by atoms with Crippen LogP contribution in [0.1, 0.15) is 44.5 Å². The van der Waals surface area contributed by atoms with Gasteiger partial charge in [-0.15, -0.1) is 0 Å². The molecule has 120 heavy (non-hydrogen) atoms. The molecule has 0 atom stereocenters. The third kappa shape index (κ3) is 12.8. The van der Waals surface area contributed by atoms with Gasteiger partial charge in [-0.1, -0.05) is 212 Å². The Bertz CT molecular complexity index is 7040. The van der Waals surface area contributed by atoms with Crippen molar-refractivity contribution in [3.05, 3.63) is 372 Å². The first kappa shape index (κ1) is 72.1. The summed E-state index contributed by atoms with van der Waals surface area (Å²) >= 11 is 0. The summed E-state index contributed by atoms with van der Waals surface area (Å²) in [5.41, 5.74) is 19.8. The molecule has 15 aromatic carbocycles. The molecular weight excluding hydrogens is 1470 g/mol. The predicted octanol–water partition coefficient (Wildman–Crippen LogP) is 23.2. The van der Waals surface area contributed by atoms with Crippen LogP contribution in [0.3, 0.4) is 0 Å². The lowest BCUT2D eigenvalue weighted by molar-refractivity contribution is 1.07. The Morgan fingerprint density at radius 2 is 0.433 bits per heavy atom. The van der Waals surface area contributed by atoms with Crippen molar-refractivity contribution in [2.24, 2.45) is 0 Å². The second-order valence-corrected chi connectivity index (χ2v) is 28.6. The molecule has 0 fully saturated rings. The Balaban J connectivity index is 0.925. The van der Waals surface area contributed by atoms with Crippen LogP contribution >= 0.6 is 0 Å². The van der Waals surface area contributed by atoms with Crippen LogP contribution < -0.4 is 0 Å². The molecule has 0 aliphatic rings. The fourth-order valence-corrected chi connectivity index (χ4v) is 16.2. The van der Waals surface area contributed by atoms with Gasteiger partial charge in [-0.3, -0.25) is 0 Å². The van der Waals surface area contributed by atoms with Gasteiger partial charge in [0.05, 0.1) is 127 Å². The molecule has 0 spiro atoms. The summed E-state index contributed by atoms with van der Waals surface area (Å²) < 4.78 is 4.45. The van der Waals surface area contributed by atoms with E-state index in [2.05, 4.69) is 112 Å². The number of benzene rings is 15. The van der Waals surface area contributed by atoms with Crippen LogP contribution in [0, 0.1) is 90.6 Å². The van der Waals surface area contributed by atoms with Crippen LogP contribution in [-0.2, 0) is 0 Å². The molecule has 0 saturated heterocycles. The Morgan fingerprint density at radius 3 is 0.692 bits per heavy atom. The molecule has 16 heteroatoms. The molecular formula is C104H54N16. The molecule has 550 valence electrons. The topological polar surface area (TPSA) is 278 Å². The predicted molar refractivity (Wildman–Crippen MR) is 465 cm³/mol. The van der Waals surface area contributed by atoms with E-state index < -0.39 is 0 Å². The van der Waals surface area contributed by atoms with Crippen molar-refractivity contribution in [3.8, 4) is 195 Å². The van der Waals surface area contributed by atoms with Gasteiger partial charge in [-0.05, 0) is 171 Å². The number of rotatable bonds is 14. The molecule has 0 N–H and O–H groups in total. The monoisotopic (exact) mass is 1530 g/mol. The van der Waals surface area contributed by atoms with Gasteiger partial charge >= 0.3 is 0 Å².